The lowest BCUT2D eigenvalue weighted by molar-refractivity contribution is 0.0958. The molecule has 0 radical (unpaired) electrons. The van der Waals surface area contributed by atoms with Crippen molar-refractivity contribution >= 4 is 17.4 Å². The number of nitrogens with zero attached hydrogens (tertiary/aromatic N) is 3. The second kappa shape index (κ2) is 8.70. The van der Waals surface area contributed by atoms with Crippen LogP contribution in [0, 0.1) is 5.82 Å². The average Bonchev–Trinajstić information content (AvgIpc) is 3.29. The van der Waals surface area contributed by atoms with Crippen molar-refractivity contribution < 1.29 is 13.9 Å². The predicted octanol–water partition coefficient (Wildman–Crippen LogP) is 5.13. The van der Waals surface area contributed by atoms with E-state index >= 15 is 0 Å². The summed E-state index contributed by atoms with van der Waals surface area (Å²) in [4.78, 5) is 23.8. The minimum atomic E-state index is -0.317. The highest BCUT2D eigenvalue weighted by molar-refractivity contribution is 5.93. The van der Waals surface area contributed by atoms with Crippen molar-refractivity contribution in [3.63, 3.8) is 0 Å². The molecule has 0 bridgehead atoms. The zero-order chi connectivity index (χ0) is 22.8. The third-order valence-corrected chi connectivity index (χ3v) is 5.50. The molecule has 2 heterocycles. The third kappa shape index (κ3) is 4.25. The van der Waals surface area contributed by atoms with E-state index in [1.807, 2.05) is 24.3 Å². The molecule has 0 unspecified atom stereocenters. The van der Waals surface area contributed by atoms with Crippen molar-refractivity contribution in [2.24, 2.45) is 0 Å². The molecule has 0 atom stereocenters. The molecule has 0 saturated carbocycles. The van der Waals surface area contributed by atoms with Crippen LogP contribution in [0.25, 0.3) is 11.4 Å². The lowest BCUT2D eigenvalue weighted by atomic mass is 10.2. The van der Waals surface area contributed by atoms with Gasteiger partial charge >= 0.3 is 0 Å². The normalized spacial score (nSPS) is 12.4. The van der Waals surface area contributed by atoms with Gasteiger partial charge in [0.25, 0.3) is 5.91 Å². The second-order valence-corrected chi connectivity index (χ2v) is 7.62. The number of para-hydroxylation sites is 1. The van der Waals surface area contributed by atoms with E-state index in [9.17, 15) is 9.18 Å². The molecular formula is C26H21FN4O2. The summed E-state index contributed by atoms with van der Waals surface area (Å²) in [6.07, 6.45) is 0.917. The Kier molecular flexibility index (Phi) is 5.44. The topological polar surface area (TPSA) is 67.4 Å². The van der Waals surface area contributed by atoms with Crippen LogP contribution in [0.1, 0.15) is 16.1 Å². The molecule has 6 nitrogen and oxygen atoms in total. The van der Waals surface area contributed by atoms with Gasteiger partial charge in [0.2, 0.25) is 0 Å². The number of benzene rings is 3. The smallest absolute Gasteiger partial charge is 0.269 e. The Morgan fingerprint density at radius 3 is 2.39 bits per heavy atom. The molecule has 1 aliphatic rings. The van der Waals surface area contributed by atoms with Gasteiger partial charge in [0.1, 0.15) is 28.8 Å². The van der Waals surface area contributed by atoms with Crippen LogP contribution in [0.15, 0.2) is 78.9 Å². The van der Waals surface area contributed by atoms with Crippen LogP contribution in [0.2, 0.25) is 0 Å². The Bertz CT molecular complexity index is 1310. The van der Waals surface area contributed by atoms with Crippen molar-refractivity contribution in [2.75, 3.05) is 18.5 Å². The molecule has 3 aromatic carbocycles. The molecule has 5 rings (SSSR count). The van der Waals surface area contributed by atoms with Crippen molar-refractivity contribution in [3.05, 3.63) is 95.9 Å². The number of carbonyl (C=O) groups is 1. The summed E-state index contributed by atoms with van der Waals surface area (Å²) in [6, 6.07) is 23.0. The van der Waals surface area contributed by atoms with E-state index in [1.54, 1.807) is 37.4 Å². The molecule has 1 aromatic heterocycles. The maximum Gasteiger partial charge on any atom is 0.269 e. The highest BCUT2D eigenvalue weighted by Crippen LogP contribution is 2.34. The van der Waals surface area contributed by atoms with E-state index in [-0.39, 0.29) is 11.7 Å². The van der Waals surface area contributed by atoms with Gasteiger partial charge < -0.3 is 15.0 Å². The van der Waals surface area contributed by atoms with Crippen LogP contribution in [0.5, 0.6) is 11.5 Å². The van der Waals surface area contributed by atoms with Crippen LogP contribution in [-0.2, 0) is 6.42 Å². The van der Waals surface area contributed by atoms with E-state index < -0.39 is 0 Å². The standard InChI is InChI=1S/C26H21FN4O2/c1-28-26(32)22-16-24(31-15-14-17-4-2-3-5-23(17)31)30-25(29-22)18-6-10-20(11-7-18)33-21-12-8-19(27)9-13-21/h2-13,16H,14-15H2,1H3,(H,28,32). The Morgan fingerprint density at radius 2 is 1.67 bits per heavy atom. The second-order valence-electron chi connectivity index (χ2n) is 7.62. The number of anilines is 2. The van der Waals surface area contributed by atoms with Crippen LogP contribution in [0.4, 0.5) is 15.9 Å². The van der Waals surface area contributed by atoms with E-state index in [0.29, 0.717) is 28.8 Å². The molecule has 7 heteroatoms. The maximum atomic E-state index is 13.1. The van der Waals surface area contributed by atoms with Gasteiger partial charge in [-0.1, -0.05) is 18.2 Å². The summed E-state index contributed by atoms with van der Waals surface area (Å²) in [5, 5.41) is 2.64. The zero-order valence-corrected chi connectivity index (χ0v) is 18.0. The molecule has 4 aromatic rings. The number of fused-ring (bicyclic) bond motifs is 1. The maximum absolute atomic E-state index is 13.1. The van der Waals surface area contributed by atoms with E-state index in [4.69, 9.17) is 9.72 Å². The molecule has 0 spiro atoms. The lowest BCUT2D eigenvalue weighted by Gasteiger charge is -2.19. The van der Waals surface area contributed by atoms with Crippen LogP contribution in [-0.4, -0.2) is 29.5 Å². The molecular weight excluding hydrogens is 419 g/mol. The number of halogens is 1. The monoisotopic (exact) mass is 440 g/mol. The first-order valence-electron chi connectivity index (χ1n) is 10.6. The molecule has 1 N–H and O–H groups in total. The first-order chi connectivity index (χ1) is 16.1. The summed E-state index contributed by atoms with van der Waals surface area (Å²) in [5.74, 6) is 1.67. The summed E-state index contributed by atoms with van der Waals surface area (Å²) >= 11 is 0. The average molecular weight is 440 g/mol. The minimum Gasteiger partial charge on any atom is -0.457 e. The lowest BCUT2D eigenvalue weighted by Crippen LogP contribution is -2.22. The van der Waals surface area contributed by atoms with Gasteiger partial charge in [0, 0.05) is 30.9 Å². The Labute approximate surface area is 190 Å². The van der Waals surface area contributed by atoms with Gasteiger partial charge in [-0.25, -0.2) is 14.4 Å². The number of aromatic nitrogens is 2. The number of hydrogen-bond donors (Lipinski definition) is 1. The predicted molar refractivity (Wildman–Crippen MR) is 124 cm³/mol. The SMILES string of the molecule is CNC(=O)c1cc(N2CCc3ccccc32)nc(-c2ccc(Oc3ccc(F)cc3)cc2)n1. The van der Waals surface area contributed by atoms with Crippen LogP contribution in [0.3, 0.4) is 0 Å². The Morgan fingerprint density at radius 1 is 0.970 bits per heavy atom. The largest absolute Gasteiger partial charge is 0.457 e. The van der Waals surface area contributed by atoms with Crippen molar-refractivity contribution in [1.29, 1.82) is 0 Å². The summed E-state index contributed by atoms with van der Waals surface area (Å²) in [6.45, 7) is 0.785. The number of hydrogen-bond acceptors (Lipinski definition) is 5. The number of ether oxygens (including phenoxy) is 1. The molecule has 164 valence electrons. The fourth-order valence-electron chi connectivity index (χ4n) is 3.83. The molecule has 0 fully saturated rings. The quantitative estimate of drug-likeness (QED) is 0.466. The van der Waals surface area contributed by atoms with E-state index in [0.717, 1.165) is 24.2 Å². The first-order valence-corrected chi connectivity index (χ1v) is 10.6. The highest BCUT2D eigenvalue weighted by atomic mass is 19.1. The molecule has 1 amide bonds. The summed E-state index contributed by atoms with van der Waals surface area (Å²) < 4.78 is 18.9. The Balaban J connectivity index is 1.48. The van der Waals surface area contributed by atoms with Gasteiger partial charge in [0.15, 0.2) is 5.82 Å². The van der Waals surface area contributed by atoms with Gasteiger partial charge in [-0.2, -0.15) is 0 Å². The van der Waals surface area contributed by atoms with Gasteiger partial charge in [-0.15, -0.1) is 0 Å². The van der Waals surface area contributed by atoms with Crippen LogP contribution >= 0.6 is 0 Å². The van der Waals surface area contributed by atoms with Crippen LogP contribution < -0.4 is 15.0 Å². The number of carbonyl (C=O) groups excluding carboxylic acids is 1. The van der Waals surface area contributed by atoms with Crippen molar-refractivity contribution in [1.82, 2.24) is 15.3 Å². The summed E-state index contributed by atoms with van der Waals surface area (Å²) in [5.41, 5.74) is 3.39. The molecule has 0 aliphatic carbocycles. The summed E-state index contributed by atoms with van der Waals surface area (Å²) in [7, 11) is 1.58. The van der Waals surface area contributed by atoms with E-state index in [2.05, 4.69) is 27.3 Å². The zero-order valence-electron chi connectivity index (χ0n) is 18.0. The van der Waals surface area contributed by atoms with Crippen molar-refractivity contribution in [2.45, 2.75) is 6.42 Å². The molecule has 0 saturated heterocycles. The third-order valence-electron chi connectivity index (χ3n) is 5.50. The molecule has 1 aliphatic heterocycles. The first kappa shape index (κ1) is 20.6. The number of amides is 1. The molecule has 33 heavy (non-hydrogen) atoms. The fraction of sp³-hybridized carbons (Fsp3) is 0.115. The van der Waals surface area contributed by atoms with Gasteiger partial charge in [-0.05, 0) is 66.6 Å². The van der Waals surface area contributed by atoms with E-state index in [1.165, 1.54) is 17.7 Å². The van der Waals surface area contributed by atoms with Crippen molar-refractivity contribution in [3.8, 4) is 22.9 Å². The number of nitrogens with one attached hydrogen (secondary N) is 1. The minimum absolute atomic E-state index is 0.274. The Hall–Kier alpha value is -4.26. The van der Waals surface area contributed by atoms with Gasteiger partial charge in [-0.3, -0.25) is 4.79 Å². The fourth-order valence-corrected chi connectivity index (χ4v) is 3.83. The highest BCUT2D eigenvalue weighted by Gasteiger charge is 2.23. The van der Waals surface area contributed by atoms with Gasteiger partial charge in [0.05, 0.1) is 0 Å². The number of rotatable bonds is 5.